The zero-order valence-electron chi connectivity index (χ0n) is 15.3. The van der Waals surface area contributed by atoms with Crippen LogP contribution in [0.4, 0.5) is 5.69 Å². The van der Waals surface area contributed by atoms with Crippen molar-refractivity contribution >= 4 is 38.7 Å². The van der Waals surface area contributed by atoms with Gasteiger partial charge in [0.25, 0.3) is 5.56 Å². The average molecular weight is 434 g/mol. The number of carbonyl (C=O) groups excluding carboxylic acids is 1. The van der Waals surface area contributed by atoms with Crippen molar-refractivity contribution in [3.63, 3.8) is 0 Å². The second-order valence-corrected chi connectivity index (χ2v) is 7.34. The SMILES string of the molecule is Cc1ccc(Br)cc1NC(=O)CCCn1cnc2c1c(=O)n(C)c(=O)n2C. The Balaban J connectivity index is 1.71. The molecule has 2 heterocycles. The van der Waals surface area contributed by atoms with E-state index in [4.69, 9.17) is 0 Å². The van der Waals surface area contributed by atoms with E-state index in [9.17, 15) is 14.4 Å². The van der Waals surface area contributed by atoms with Gasteiger partial charge < -0.3 is 9.88 Å². The summed E-state index contributed by atoms with van der Waals surface area (Å²) < 4.78 is 4.99. The van der Waals surface area contributed by atoms with E-state index in [2.05, 4.69) is 26.2 Å². The Morgan fingerprint density at radius 3 is 2.70 bits per heavy atom. The van der Waals surface area contributed by atoms with Crippen LogP contribution in [0.5, 0.6) is 0 Å². The van der Waals surface area contributed by atoms with Crippen LogP contribution in [-0.4, -0.2) is 24.6 Å². The molecule has 0 fully saturated rings. The molecule has 142 valence electrons. The molecule has 3 rings (SSSR count). The summed E-state index contributed by atoms with van der Waals surface area (Å²) >= 11 is 3.39. The highest BCUT2D eigenvalue weighted by molar-refractivity contribution is 9.10. The van der Waals surface area contributed by atoms with Gasteiger partial charge in [-0.2, -0.15) is 0 Å². The number of hydrogen-bond donors (Lipinski definition) is 1. The highest BCUT2D eigenvalue weighted by Gasteiger charge is 2.14. The number of imidazole rings is 1. The van der Waals surface area contributed by atoms with Crippen LogP contribution in [0.25, 0.3) is 11.2 Å². The van der Waals surface area contributed by atoms with Crippen molar-refractivity contribution in [2.45, 2.75) is 26.3 Å². The molecule has 0 spiro atoms. The number of anilines is 1. The number of halogens is 1. The van der Waals surface area contributed by atoms with Gasteiger partial charge in [-0.05, 0) is 31.0 Å². The van der Waals surface area contributed by atoms with Gasteiger partial charge in [0.2, 0.25) is 5.91 Å². The third-order valence-corrected chi connectivity index (χ3v) is 4.99. The maximum absolute atomic E-state index is 12.4. The number of aromatic nitrogens is 4. The van der Waals surface area contributed by atoms with Crippen LogP contribution in [0.15, 0.2) is 38.6 Å². The molecule has 0 unspecified atom stereocenters. The van der Waals surface area contributed by atoms with E-state index in [0.29, 0.717) is 30.6 Å². The summed E-state index contributed by atoms with van der Waals surface area (Å²) in [7, 11) is 3.02. The van der Waals surface area contributed by atoms with Crippen LogP contribution < -0.4 is 16.6 Å². The first-order valence-electron chi connectivity index (χ1n) is 8.46. The minimum absolute atomic E-state index is 0.0964. The summed E-state index contributed by atoms with van der Waals surface area (Å²) in [4.78, 5) is 40.8. The zero-order chi connectivity index (χ0) is 19.7. The molecule has 8 nitrogen and oxygen atoms in total. The molecule has 0 aliphatic heterocycles. The Labute approximate surface area is 163 Å². The molecular formula is C18H20BrN5O3. The maximum Gasteiger partial charge on any atom is 0.332 e. The van der Waals surface area contributed by atoms with E-state index in [1.54, 1.807) is 11.6 Å². The van der Waals surface area contributed by atoms with Crippen molar-refractivity contribution < 1.29 is 4.79 Å². The maximum atomic E-state index is 12.4. The summed E-state index contributed by atoms with van der Waals surface area (Å²) in [6.45, 7) is 2.38. The minimum Gasteiger partial charge on any atom is -0.326 e. The molecular weight excluding hydrogens is 414 g/mol. The fourth-order valence-corrected chi connectivity index (χ4v) is 3.28. The van der Waals surface area contributed by atoms with Crippen LogP contribution >= 0.6 is 15.9 Å². The van der Waals surface area contributed by atoms with Gasteiger partial charge in [-0.25, -0.2) is 9.78 Å². The second kappa shape index (κ2) is 7.51. The second-order valence-electron chi connectivity index (χ2n) is 6.43. The van der Waals surface area contributed by atoms with Crippen molar-refractivity contribution in [2.24, 2.45) is 14.1 Å². The highest BCUT2D eigenvalue weighted by atomic mass is 79.9. The van der Waals surface area contributed by atoms with E-state index in [1.807, 2.05) is 25.1 Å². The molecule has 0 atom stereocenters. The number of carbonyl (C=O) groups is 1. The van der Waals surface area contributed by atoms with Crippen LogP contribution in [0.1, 0.15) is 18.4 Å². The topological polar surface area (TPSA) is 90.9 Å². The average Bonchev–Trinajstić information content (AvgIpc) is 3.05. The summed E-state index contributed by atoms with van der Waals surface area (Å²) in [6, 6.07) is 5.71. The molecule has 1 aromatic carbocycles. The Hall–Kier alpha value is -2.68. The molecule has 9 heteroatoms. The lowest BCUT2D eigenvalue weighted by molar-refractivity contribution is -0.116. The van der Waals surface area contributed by atoms with Gasteiger partial charge in [0.1, 0.15) is 0 Å². The Kier molecular flexibility index (Phi) is 5.31. The number of amides is 1. The van der Waals surface area contributed by atoms with Gasteiger partial charge in [0, 0.05) is 37.2 Å². The number of rotatable bonds is 5. The predicted octanol–water partition coefficient (Wildman–Crippen LogP) is 1.92. The molecule has 0 bridgehead atoms. The molecule has 27 heavy (non-hydrogen) atoms. The smallest absolute Gasteiger partial charge is 0.326 e. The summed E-state index contributed by atoms with van der Waals surface area (Å²) in [5, 5.41) is 2.90. The first-order valence-corrected chi connectivity index (χ1v) is 9.25. The first kappa shape index (κ1) is 19.1. The van der Waals surface area contributed by atoms with Crippen molar-refractivity contribution in [1.82, 2.24) is 18.7 Å². The van der Waals surface area contributed by atoms with Crippen molar-refractivity contribution in [3.05, 3.63) is 55.4 Å². The summed E-state index contributed by atoms with van der Waals surface area (Å²) in [5.41, 5.74) is 1.66. The minimum atomic E-state index is -0.415. The molecule has 0 saturated carbocycles. The van der Waals surface area contributed by atoms with Crippen molar-refractivity contribution in [3.8, 4) is 0 Å². The van der Waals surface area contributed by atoms with Gasteiger partial charge in [-0.1, -0.05) is 22.0 Å². The molecule has 0 aliphatic carbocycles. The number of aryl methyl sites for hydroxylation is 3. The van der Waals surface area contributed by atoms with Crippen molar-refractivity contribution in [2.75, 3.05) is 5.32 Å². The zero-order valence-corrected chi connectivity index (χ0v) is 16.9. The summed E-state index contributed by atoms with van der Waals surface area (Å²) in [6.07, 6.45) is 2.37. The molecule has 2 aromatic heterocycles. The Bertz CT molecular complexity index is 1140. The fraction of sp³-hybridized carbons (Fsp3) is 0.333. The number of hydrogen-bond acceptors (Lipinski definition) is 4. The van der Waals surface area contributed by atoms with Gasteiger partial charge >= 0.3 is 5.69 Å². The lowest BCUT2D eigenvalue weighted by Crippen LogP contribution is -2.37. The largest absolute Gasteiger partial charge is 0.332 e. The van der Waals surface area contributed by atoms with Crippen molar-refractivity contribution in [1.29, 1.82) is 0 Å². The number of fused-ring (bicyclic) bond motifs is 1. The molecule has 0 radical (unpaired) electrons. The molecule has 1 amide bonds. The van der Waals surface area contributed by atoms with Crippen LogP contribution in [-0.2, 0) is 25.4 Å². The molecule has 3 aromatic rings. The molecule has 0 aliphatic rings. The predicted molar refractivity (Wildman–Crippen MR) is 107 cm³/mol. The fourth-order valence-electron chi connectivity index (χ4n) is 2.92. The van der Waals surface area contributed by atoms with Crippen LogP contribution in [0, 0.1) is 6.92 Å². The molecule has 0 saturated heterocycles. The number of nitrogens with one attached hydrogen (secondary N) is 1. The molecule has 1 N–H and O–H groups in total. The van der Waals surface area contributed by atoms with E-state index >= 15 is 0 Å². The Morgan fingerprint density at radius 1 is 1.22 bits per heavy atom. The van der Waals surface area contributed by atoms with Crippen LogP contribution in [0.2, 0.25) is 0 Å². The van der Waals surface area contributed by atoms with E-state index < -0.39 is 5.69 Å². The van der Waals surface area contributed by atoms with Gasteiger partial charge in [-0.15, -0.1) is 0 Å². The van der Waals surface area contributed by atoms with Crippen LogP contribution in [0.3, 0.4) is 0 Å². The lowest BCUT2D eigenvalue weighted by Gasteiger charge is -2.09. The van der Waals surface area contributed by atoms with Gasteiger partial charge in [0.05, 0.1) is 6.33 Å². The number of benzene rings is 1. The third-order valence-electron chi connectivity index (χ3n) is 4.49. The monoisotopic (exact) mass is 433 g/mol. The normalized spacial score (nSPS) is 11.1. The van der Waals surface area contributed by atoms with Gasteiger partial charge in [-0.3, -0.25) is 18.7 Å². The third kappa shape index (κ3) is 3.73. The first-order chi connectivity index (χ1) is 12.8. The van der Waals surface area contributed by atoms with E-state index in [1.165, 1.54) is 17.9 Å². The quantitative estimate of drug-likeness (QED) is 0.665. The van der Waals surface area contributed by atoms with E-state index in [0.717, 1.165) is 20.3 Å². The lowest BCUT2D eigenvalue weighted by atomic mass is 10.2. The number of nitrogens with zero attached hydrogens (tertiary/aromatic N) is 4. The standard InChI is InChI=1S/C18H20BrN5O3/c1-11-6-7-12(19)9-13(11)21-14(25)5-4-8-24-10-20-16-15(24)17(26)23(3)18(27)22(16)2/h6-7,9-10H,4-5,8H2,1-3H3,(H,21,25). The van der Waals surface area contributed by atoms with E-state index in [-0.39, 0.29) is 11.5 Å². The Morgan fingerprint density at radius 2 is 1.96 bits per heavy atom. The highest BCUT2D eigenvalue weighted by Crippen LogP contribution is 2.21. The summed E-state index contributed by atoms with van der Waals surface area (Å²) in [5.74, 6) is -0.0964. The van der Waals surface area contributed by atoms with Gasteiger partial charge in [0.15, 0.2) is 11.2 Å².